The summed E-state index contributed by atoms with van der Waals surface area (Å²) in [4.78, 5) is 16.6. The van der Waals surface area contributed by atoms with Gasteiger partial charge in [-0.25, -0.2) is 0 Å². The minimum atomic E-state index is -0.0407. The summed E-state index contributed by atoms with van der Waals surface area (Å²) in [5.74, 6) is 1.51. The molecule has 26 heavy (non-hydrogen) atoms. The van der Waals surface area contributed by atoms with E-state index in [0.29, 0.717) is 18.9 Å². The van der Waals surface area contributed by atoms with Crippen molar-refractivity contribution < 1.29 is 14.3 Å². The molecule has 1 aromatic rings. The quantitative estimate of drug-likeness (QED) is 0.635. The van der Waals surface area contributed by atoms with Gasteiger partial charge in [-0.1, -0.05) is 32.1 Å². The van der Waals surface area contributed by atoms with Gasteiger partial charge in [-0.15, -0.1) is 6.58 Å². The Kier molecular flexibility index (Phi) is 8.13. The molecule has 1 amide bonds. The molecule has 5 nitrogen and oxygen atoms in total. The molecule has 0 saturated carbocycles. The van der Waals surface area contributed by atoms with Crippen molar-refractivity contribution >= 4 is 5.91 Å². The van der Waals surface area contributed by atoms with Crippen molar-refractivity contribution in [2.45, 2.75) is 26.4 Å². The SMILES string of the molecule is C=CCO[C@@H](CN1CCN(C(=O)CC(C)C)CC1)c1cccc(OC)c1. The zero-order valence-corrected chi connectivity index (χ0v) is 16.3. The Hall–Kier alpha value is -1.85. The Morgan fingerprint density at radius 1 is 1.27 bits per heavy atom. The number of piperazine rings is 1. The average molecular weight is 360 g/mol. The Labute approximate surface area is 157 Å². The first-order chi connectivity index (χ1) is 12.5. The highest BCUT2D eigenvalue weighted by Gasteiger charge is 2.24. The Morgan fingerprint density at radius 2 is 2.00 bits per heavy atom. The van der Waals surface area contributed by atoms with Crippen LogP contribution in [0.2, 0.25) is 0 Å². The molecule has 0 aromatic heterocycles. The third-order valence-electron chi connectivity index (χ3n) is 4.61. The van der Waals surface area contributed by atoms with Crippen LogP contribution in [-0.4, -0.2) is 62.1 Å². The molecule has 0 aliphatic carbocycles. The number of carbonyl (C=O) groups excluding carboxylic acids is 1. The number of hydrogen-bond acceptors (Lipinski definition) is 4. The van der Waals surface area contributed by atoms with Gasteiger partial charge in [-0.3, -0.25) is 9.69 Å². The van der Waals surface area contributed by atoms with Crippen LogP contribution in [0.25, 0.3) is 0 Å². The third-order valence-corrected chi connectivity index (χ3v) is 4.61. The van der Waals surface area contributed by atoms with Crippen LogP contribution in [0.4, 0.5) is 0 Å². The second-order valence-corrected chi connectivity index (χ2v) is 7.17. The number of hydrogen-bond donors (Lipinski definition) is 0. The van der Waals surface area contributed by atoms with E-state index in [9.17, 15) is 4.79 Å². The van der Waals surface area contributed by atoms with E-state index < -0.39 is 0 Å². The maximum absolute atomic E-state index is 12.2. The molecule has 0 spiro atoms. The standard InChI is InChI=1S/C21H32N2O3/c1-5-13-26-20(18-7-6-8-19(15-18)25-4)16-22-9-11-23(12-10-22)21(24)14-17(2)3/h5-8,15,17,20H,1,9-14,16H2,2-4H3/t20-/m0/s1. The summed E-state index contributed by atoms with van der Waals surface area (Å²) in [5, 5.41) is 0. The van der Waals surface area contributed by atoms with Gasteiger partial charge in [-0.2, -0.15) is 0 Å². The Morgan fingerprint density at radius 3 is 2.62 bits per heavy atom. The van der Waals surface area contributed by atoms with E-state index in [0.717, 1.165) is 44.0 Å². The van der Waals surface area contributed by atoms with E-state index in [4.69, 9.17) is 9.47 Å². The fourth-order valence-electron chi connectivity index (χ4n) is 3.17. The van der Waals surface area contributed by atoms with Crippen molar-refractivity contribution in [3.63, 3.8) is 0 Å². The fraction of sp³-hybridized carbons (Fsp3) is 0.571. The van der Waals surface area contributed by atoms with Crippen molar-refractivity contribution in [1.29, 1.82) is 0 Å². The van der Waals surface area contributed by atoms with Crippen LogP contribution in [0.15, 0.2) is 36.9 Å². The van der Waals surface area contributed by atoms with Gasteiger partial charge in [0.1, 0.15) is 5.75 Å². The number of rotatable bonds is 9. The summed E-state index contributed by atoms with van der Waals surface area (Å²) in [6.45, 7) is 12.6. The number of nitrogens with zero attached hydrogens (tertiary/aromatic N) is 2. The molecular formula is C21H32N2O3. The van der Waals surface area contributed by atoms with Gasteiger partial charge in [0, 0.05) is 39.1 Å². The van der Waals surface area contributed by atoms with Gasteiger partial charge in [0.25, 0.3) is 0 Å². The maximum atomic E-state index is 12.2. The highest BCUT2D eigenvalue weighted by atomic mass is 16.5. The van der Waals surface area contributed by atoms with Crippen LogP contribution < -0.4 is 4.74 Å². The van der Waals surface area contributed by atoms with E-state index in [2.05, 4.69) is 31.4 Å². The summed E-state index contributed by atoms with van der Waals surface area (Å²) >= 11 is 0. The van der Waals surface area contributed by atoms with Crippen LogP contribution in [-0.2, 0) is 9.53 Å². The smallest absolute Gasteiger partial charge is 0.222 e. The van der Waals surface area contributed by atoms with E-state index in [1.165, 1.54) is 0 Å². The van der Waals surface area contributed by atoms with E-state index in [1.807, 2.05) is 23.1 Å². The van der Waals surface area contributed by atoms with Crippen LogP contribution in [0.5, 0.6) is 5.75 Å². The molecule has 0 radical (unpaired) electrons. The normalized spacial score (nSPS) is 16.5. The van der Waals surface area contributed by atoms with Gasteiger partial charge in [-0.05, 0) is 23.6 Å². The molecule has 5 heteroatoms. The van der Waals surface area contributed by atoms with Crippen LogP contribution in [0.3, 0.4) is 0 Å². The van der Waals surface area contributed by atoms with E-state index in [-0.39, 0.29) is 12.0 Å². The van der Waals surface area contributed by atoms with Crippen molar-refractivity contribution in [2.24, 2.45) is 5.92 Å². The topological polar surface area (TPSA) is 42.0 Å². The molecule has 1 heterocycles. The van der Waals surface area contributed by atoms with Gasteiger partial charge in [0.15, 0.2) is 0 Å². The highest BCUT2D eigenvalue weighted by molar-refractivity contribution is 5.76. The summed E-state index contributed by atoms with van der Waals surface area (Å²) in [7, 11) is 1.67. The minimum absolute atomic E-state index is 0.0407. The number of amides is 1. The first kappa shape index (κ1) is 20.5. The van der Waals surface area contributed by atoms with Gasteiger partial charge in [0.2, 0.25) is 5.91 Å². The molecule has 0 unspecified atom stereocenters. The zero-order valence-electron chi connectivity index (χ0n) is 16.3. The second kappa shape index (κ2) is 10.3. The van der Waals surface area contributed by atoms with Gasteiger partial charge >= 0.3 is 0 Å². The highest BCUT2D eigenvalue weighted by Crippen LogP contribution is 2.24. The van der Waals surface area contributed by atoms with Crippen LogP contribution in [0.1, 0.15) is 31.9 Å². The summed E-state index contributed by atoms with van der Waals surface area (Å²) in [6.07, 6.45) is 2.37. The first-order valence-corrected chi connectivity index (χ1v) is 9.40. The number of ether oxygens (including phenoxy) is 2. The lowest BCUT2D eigenvalue weighted by Gasteiger charge is -2.36. The molecule has 1 fully saturated rings. The Bertz CT molecular complexity index is 580. The van der Waals surface area contributed by atoms with Crippen molar-refractivity contribution in [3.05, 3.63) is 42.5 Å². The van der Waals surface area contributed by atoms with Crippen molar-refractivity contribution in [2.75, 3.05) is 46.4 Å². The monoisotopic (exact) mass is 360 g/mol. The lowest BCUT2D eigenvalue weighted by atomic mass is 10.1. The number of methoxy groups -OCH3 is 1. The van der Waals surface area contributed by atoms with Crippen LogP contribution >= 0.6 is 0 Å². The predicted octanol–water partition coefficient (Wildman–Crippen LogP) is 3.13. The summed E-state index contributed by atoms with van der Waals surface area (Å²) in [6, 6.07) is 8.02. The average Bonchev–Trinajstić information content (AvgIpc) is 2.65. The lowest BCUT2D eigenvalue weighted by Crippen LogP contribution is -2.49. The Balaban J connectivity index is 1.94. The molecule has 1 atom stereocenters. The second-order valence-electron chi connectivity index (χ2n) is 7.17. The fourth-order valence-corrected chi connectivity index (χ4v) is 3.17. The first-order valence-electron chi connectivity index (χ1n) is 9.40. The molecule has 1 aliphatic heterocycles. The minimum Gasteiger partial charge on any atom is -0.497 e. The molecule has 1 aliphatic rings. The largest absolute Gasteiger partial charge is 0.497 e. The molecule has 2 rings (SSSR count). The molecule has 1 aromatic carbocycles. The maximum Gasteiger partial charge on any atom is 0.222 e. The lowest BCUT2D eigenvalue weighted by molar-refractivity contribution is -0.133. The molecule has 0 bridgehead atoms. The molecule has 1 saturated heterocycles. The third kappa shape index (κ3) is 6.15. The predicted molar refractivity (Wildman–Crippen MR) is 104 cm³/mol. The van der Waals surface area contributed by atoms with E-state index >= 15 is 0 Å². The van der Waals surface area contributed by atoms with E-state index in [1.54, 1.807) is 13.2 Å². The molecule has 0 N–H and O–H groups in total. The summed E-state index contributed by atoms with van der Waals surface area (Å²) in [5.41, 5.74) is 1.10. The van der Waals surface area contributed by atoms with Crippen LogP contribution in [0, 0.1) is 5.92 Å². The van der Waals surface area contributed by atoms with Gasteiger partial charge in [0.05, 0.1) is 19.8 Å². The van der Waals surface area contributed by atoms with Crippen molar-refractivity contribution in [3.8, 4) is 5.75 Å². The summed E-state index contributed by atoms with van der Waals surface area (Å²) < 4.78 is 11.3. The molecular weight excluding hydrogens is 328 g/mol. The molecule has 144 valence electrons. The zero-order chi connectivity index (χ0) is 18.9. The number of benzene rings is 1. The van der Waals surface area contributed by atoms with Crippen molar-refractivity contribution in [1.82, 2.24) is 9.80 Å². The van der Waals surface area contributed by atoms with Gasteiger partial charge < -0.3 is 14.4 Å². The number of carbonyl (C=O) groups is 1.